The van der Waals surface area contributed by atoms with Crippen LogP contribution >= 0.6 is 0 Å². The lowest BCUT2D eigenvalue weighted by atomic mass is 9.95. The maximum atomic E-state index is 12.7. The van der Waals surface area contributed by atoms with Crippen LogP contribution in [0.15, 0.2) is 30.3 Å². The molecular weight excluding hydrogens is 346 g/mol. The first-order chi connectivity index (χ1) is 12.8. The summed E-state index contributed by atoms with van der Waals surface area (Å²) < 4.78 is 0. The number of likely N-dealkylation sites (tertiary alicyclic amines) is 1. The average Bonchev–Trinajstić information content (AvgIpc) is 2.66. The molecule has 0 saturated carbocycles. The van der Waals surface area contributed by atoms with Crippen LogP contribution in [0, 0.1) is 5.92 Å². The first kappa shape index (κ1) is 20.7. The molecule has 7 heteroatoms. The van der Waals surface area contributed by atoms with E-state index in [1.54, 1.807) is 26.8 Å². The van der Waals surface area contributed by atoms with Crippen LogP contribution in [-0.2, 0) is 14.4 Å². The molecule has 1 aliphatic heterocycles. The van der Waals surface area contributed by atoms with Crippen LogP contribution < -0.4 is 4.90 Å². The molecule has 0 bridgehead atoms. The summed E-state index contributed by atoms with van der Waals surface area (Å²) in [4.78, 5) is 41.3. The van der Waals surface area contributed by atoms with Crippen molar-refractivity contribution < 1.29 is 19.5 Å². The van der Waals surface area contributed by atoms with Crippen LogP contribution in [0.1, 0.15) is 26.7 Å². The Bertz CT molecular complexity index is 654. The van der Waals surface area contributed by atoms with Crippen molar-refractivity contribution in [1.82, 2.24) is 9.80 Å². The van der Waals surface area contributed by atoms with Gasteiger partial charge in [-0.1, -0.05) is 18.2 Å². The van der Waals surface area contributed by atoms with Crippen LogP contribution in [0.5, 0.6) is 0 Å². The first-order valence-electron chi connectivity index (χ1n) is 9.35. The standard InChI is InChI=1S/C20H29N3O4/c1-15(2)21(3)20(27)16-9-11-22(12-10-16)18(24)13-23(14-19(25)26)17-7-5-4-6-8-17/h4-8,15-16H,9-14H2,1-3H3,(H,25,26). The summed E-state index contributed by atoms with van der Waals surface area (Å²) in [6.07, 6.45) is 1.29. The van der Waals surface area contributed by atoms with E-state index in [1.165, 1.54) is 0 Å². The summed E-state index contributed by atoms with van der Waals surface area (Å²) in [6, 6.07) is 9.23. The second-order valence-electron chi connectivity index (χ2n) is 7.28. The number of piperidine rings is 1. The van der Waals surface area contributed by atoms with Crippen molar-refractivity contribution in [2.45, 2.75) is 32.7 Å². The Balaban J connectivity index is 1.94. The molecule has 1 N–H and O–H groups in total. The number of aliphatic carboxylic acids is 1. The van der Waals surface area contributed by atoms with Gasteiger partial charge >= 0.3 is 5.97 Å². The number of carbonyl (C=O) groups is 3. The smallest absolute Gasteiger partial charge is 0.323 e. The molecule has 7 nitrogen and oxygen atoms in total. The highest BCUT2D eigenvalue weighted by atomic mass is 16.4. The maximum absolute atomic E-state index is 12.7. The predicted octanol–water partition coefficient (Wildman–Crippen LogP) is 1.68. The minimum atomic E-state index is -0.979. The Morgan fingerprint density at radius 2 is 1.70 bits per heavy atom. The van der Waals surface area contributed by atoms with Crippen LogP contribution in [0.3, 0.4) is 0 Å². The molecule has 1 aromatic carbocycles. The molecule has 148 valence electrons. The minimum Gasteiger partial charge on any atom is -0.480 e. The number of carboxylic acid groups (broad SMARTS) is 1. The second-order valence-corrected chi connectivity index (χ2v) is 7.28. The van der Waals surface area contributed by atoms with E-state index >= 15 is 0 Å². The molecule has 27 heavy (non-hydrogen) atoms. The Morgan fingerprint density at radius 1 is 1.11 bits per heavy atom. The molecule has 1 fully saturated rings. The van der Waals surface area contributed by atoms with E-state index in [2.05, 4.69) is 0 Å². The van der Waals surface area contributed by atoms with E-state index < -0.39 is 5.97 Å². The SMILES string of the molecule is CC(C)N(C)C(=O)C1CCN(C(=O)CN(CC(=O)O)c2ccccc2)CC1. The van der Waals surface area contributed by atoms with Gasteiger partial charge in [0.25, 0.3) is 0 Å². The molecule has 1 saturated heterocycles. The largest absolute Gasteiger partial charge is 0.480 e. The third-order valence-electron chi connectivity index (χ3n) is 5.09. The molecule has 0 aromatic heterocycles. The van der Waals surface area contributed by atoms with Crippen LogP contribution in [-0.4, -0.2) is 72.0 Å². The zero-order chi connectivity index (χ0) is 20.0. The lowest BCUT2D eigenvalue weighted by Gasteiger charge is -2.35. The number of carboxylic acids is 1. The zero-order valence-electron chi connectivity index (χ0n) is 16.3. The fourth-order valence-electron chi connectivity index (χ4n) is 3.22. The number of rotatable bonds is 7. The van der Waals surface area contributed by atoms with E-state index in [9.17, 15) is 14.4 Å². The predicted molar refractivity (Wildman–Crippen MR) is 104 cm³/mol. The minimum absolute atomic E-state index is 0.0147. The Morgan fingerprint density at radius 3 is 2.22 bits per heavy atom. The van der Waals surface area contributed by atoms with Gasteiger partial charge < -0.3 is 19.8 Å². The summed E-state index contributed by atoms with van der Waals surface area (Å²) in [7, 11) is 1.81. The molecule has 1 heterocycles. The van der Waals surface area contributed by atoms with Gasteiger partial charge in [-0.3, -0.25) is 14.4 Å². The van der Waals surface area contributed by atoms with Crippen molar-refractivity contribution in [1.29, 1.82) is 0 Å². The molecule has 0 atom stereocenters. The number of hydrogen-bond acceptors (Lipinski definition) is 4. The first-order valence-corrected chi connectivity index (χ1v) is 9.35. The highest BCUT2D eigenvalue weighted by Crippen LogP contribution is 2.21. The van der Waals surface area contributed by atoms with Crippen molar-refractivity contribution in [3.63, 3.8) is 0 Å². The van der Waals surface area contributed by atoms with Crippen LogP contribution in [0.4, 0.5) is 5.69 Å². The molecule has 0 aliphatic carbocycles. The number of para-hydroxylation sites is 1. The third-order valence-corrected chi connectivity index (χ3v) is 5.09. The lowest BCUT2D eigenvalue weighted by molar-refractivity contribution is -0.140. The van der Waals surface area contributed by atoms with Gasteiger partial charge in [-0.25, -0.2) is 0 Å². The number of amides is 2. The molecule has 0 spiro atoms. The molecule has 1 aromatic rings. The Labute approximate surface area is 160 Å². The van der Waals surface area contributed by atoms with Crippen LogP contribution in [0.2, 0.25) is 0 Å². The monoisotopic (exact) mass is 375 g/mol. The third kappa shape index (κ3) is 5.70. The number of carbonyl (C=O) groups excluding carboxylic acids is 2. The van der Waals surface area contributed by atoms with Crippen LogP contribution in [0.25, 0.3) is 0 Å². The van der Waals surface area contributed by atoms with Gasteiger partial charge in [0, 0.05) is 37.8 Å². The Hall–Kier alpha value is -2.57. The van der Waals surface area contributed by atoms with Crippen molar-refractivity contribution in [3.8, 4) is 0 Å². The molecule has 2 rings (SSSR count). The van der Waals surface area contributed by atoms with Gasteiger partial charge in [0.05, 0.1) is 6.54 Å². The van der Waals surface area contributed by atoms with Gasteiger partial charge in [0.1, 0.15) is 6.54 Å². The van der Waals surface area contributed by atoms with Gasteiger partial charge in [-0.15, -0.1) is 0 Å². The fraction of sp³-hybridized carbons (Fsp3) is 0.550. The molecule has 1 aliphatic rings. The second kappa shape index (κ2) is 9.39. The lowest BCUT2D eigenvalue weighted by Crippen LogP contribution is -2.48. The molecular formula is C20H29N3O4. The van der Waals surface area contributed by atoms with Gasteiger partial charge in [0.2, 0.25) is 11.8 Å². The summed E-state index contributed by atoms with van der Waals surface area (Å²) in [5, 5.41) is 9.15. The van der Waals surface area contributed by atoms with Crippen molar-refractivity contribution in [3.05, 3.63) is 30.3 Å². The van der Waals surface area contributed by atoms with E-state index in [4.69, 9.17) is 5.11 Å². The molecule has 0 unspecified atom stereocenters. The maximum Gasteiger partial charge on any atom is 0.323 e. The average molecular weight is 375 g/mol. The fourth-order valence-corrected chi connectivity index (χ4v) is 3.22. The van der Waals surface area contributed by atoms with E-state index in [-0.39, 0.29) is 36.9 Å². The van der Waals surface area contributed by atoms with Crippen molar-refractivity contribution >= 4 is 23.5 Å². The van der Waals surface area contributed by atoms with Gasteiger partial charge in [-0.2, -0.15) is 0 Å². The highest BCUT2D eigenvalue weighted by molar-refractivity contribution is 5.85. The number of nitrogens with zero attached hydrogens (tertiary/aromatic N) is 3. The summed E-state index contributed by atoms with van der Waals surface area (Å²) >= 11 is 0. The van der Waals surface area contributed by atoms with Gasteiger partial charge in [-0.05, 0) is 38.8 Å². The topological polar surface area (TPSA) is 81.2 Å². The van der Waals surface area contributed by atoms with Crippen molar-refractivity contribution in [2.75, 3.05) is 38.1 Å². The molecule has 0 radical (unpaired) electrons. The number of anilines is 1. The van der Waals surface area contributed by atoms with E-state index in [0.29, 0.717) is 31.6 Å². The highest BCUT2D eigenvalue weighted by Gasteiger charge is 2.30. The summed E-state index contributed by atoms with van der Waals surface area (Å²) in [5.41, 5.74) is 0.705. The molecule has 2 amide bonds. The normalized spacial score (nSPS) is 14.9. The number of benzene rings is 1. The van der Waals surface area contributed by atoms with E-state index in [0.717, 1.165) is 0 Å². The van der Waals surface area contributed by atoms with E-state index in [1.807, 2.05) is 39.1 Å². The quantitative estimate of drug-likeness (QED) is 0.784. The van der Waals surface area contributed by atoms with Crippen molar-refractivity contribution in [2.24, 2.45) is 5.92 Å². The summed E-state index contributed by atoms with van der Waals surface area (Å²) in [6.45, 7) is 4.80. The zero-order valence-corrected chi connectivity index (χ0v) is 16.3. The number of hydrogen-bond donors (Lipinski definition) is 1. The van der Waals surface area contributed by atoms with Gasteiger partial charge in [0.15, 0.2) is 0 Å². The Kier molecular flexibility index (Phi) is 7.21. The summed E-state index contributed by atoms with van der Waals surface area (Å²) in [5.74, 6) is -1.00.